The summed E-state index contributed by atoms with van der Waals surface area (Å²) >= 11 is 0. The molecule has 1 N–H and O–H groups in total. The van der Waals surface area contributed by atoms with Crippen molar-refractivity contribution in [2.24, 2.45) is 5.92 Å². The molecule has 0 bridgehead atoms. The van der Waals surface area contributed by atoms with Crippen LogP contribution in [-0.2, 0) is 17.4 Å². The van der Waals surface area contributed by atoms with Gasteiger partial charge in [0.1, 0.15) is 0 Å². The van der Waals surface area contributed by atoms with Crippen LogP contribution in [0.3, 0.4) is 0 Å². The van der Waals surface area contributed by atoms with Gasteiger partial charge >= 0.3 is 6.18 Å². The van der Waals surface area contributed by atoms with E-state index in [-0.39, 0.29) is 18.4 Å². The SMILES string of the molecule is Cc1cccnc1[C@H](NC(=O)Cc1cccc(C(F)(F)F)c1)C1CC1. The number of carbonyl (C=O) groups is 1. The number of halogens is 3. The first kappa shape index (κ1) is 17.5. The third-order valence-electron chi connectivity index (χ3n) is 4.37. The van der Waals surface area contributed by atoms with Gasteiger partial charge in [0.15, 0.2) is 0 Å². The fraction of sp³-hybridized carbons (Fsp3) is 0.368. The summed E-state index contributed by atoms with van der Waals surface area (Å²) in [6, 6.07) is 8.49. The summed E-state index contributed by atoms with van der Waals surface area (Å²) in [5.41, 5.74) is 1.44. The van der Waals surface area contributed by atoms with Crippen molar-refractivity contribution in [1.29, 1.82) is 0 Å². The lowest BCUT2D eigenvalue weighted by Gasteiger charge is -2.19. The Labute approximate surface area is 144 Å². The smallest absolute Gasteiger partial charge is 0.347 e. The highest BCUT2D eigenvalue weighted by molar-refractivity contribution is 5.79. The minimum Gasteiger partial charge on any atom is -0.347 e. The predicted molar refractivity (Wildman–Crippen MR) is 87.7 cm³/mol. The fourth-order valence-corrected chi connectivity index (χ4v) is 2.93. The molecule has 0 saturated heterocycles. The number of pyridine rings is 1. The van der Waals surface area contributed by atoms with Gasteiger partial charge in [-0.2, -0.15) is 13.2 Å². The monoisotopic (exact) mass is 348 g/mol. The molecule has 1 saturated carbocycles. The number of alkyl halides is 3. The molecular weight excluding hydrogens is 329 g/mol. The highest BCUT2D eigenvalue weighted by Crippen LogP contribution is 2.41. The van der Waals surface area contributed by atoms with Crippen LogP contribution in [0.1, 0.15) is 41.3 Å². The molecule has 1 amide bonds. The van der Waals surface area contributed by atoms with Gasteiger partial charge in [-0.25, -0.2) is 0 Å². The van der Waals surface area contributed by atoms with E-state index in [0.717, 1.165) is 36.2 Å². The molecule has 2 aromatic rings. The van der Waals surface area contributed by atoms with Crippen LogP contribution < -0.4 is 5.32 Å². The molecule has 1 aromatic heterocycles. The fourth-order valence-electron chi connectivity index (χ4n) is 2.93. The van der Waals surface area contributed by atoms with Gasteiger partial charge in [0.05, 0.1) is 23.7 Å². The Bertz CT molecular complexity index is 769. The summed E-state index contributed by atoms with van der Waals surface area (Å²) in [4.78, 5) is 16.8. The van der Waals surface area contributed by atoms with E-state index in [9.17, 15) is 18.0 Å². The first-order chi connectivity index (χ1) is 11.8. The number of benzene rings is 1. The van der Waals surface area contributed by atoms with Gasteiger partial charge in [-0.15, -0.1) is 0 Å². The van der Waals surface area contributed by atoms with Gasteiger partial charge in [0, 0.05) is 6.20 Å². The van der Waals surface area contributed by atoms with Gasteiger partial charge < -0.3 is 5.32 Å². The normalized spacial score (nSPS) is 15.7. The lowest BCUT2D eigenvalue weighted by molar-refractivity contribution is -0.137. The van der Waals surface area contributed by atoms with Gasteiger partial charge in [0.2, 0.25) is 5.91 Å². The van der Waals surface area contributed by atoms with E-state index in [1.54, 1.807) is 6.20 Å². The van der Waals surface area contributed by atoms with E-state index in [0.29, 0.717) is 11.5 Å². The van der Waals surface area contributed by atoms with Gasteiger partial charge in [-0.3, -0.25) is 9.78 Å². The second kappa shape index (κ2) is 6.86. The summed E-state index contributed by atoms with van der Waals surface area (Å²) in [6.07, 6.45) is -0.765. The molecule has 3 nitrogen and oxygen atoms in total. The molecule has 25 heavy (non-hydrogen) atoms. The number of amides is 1. The van der Waals surface area contributed by atoms with Crippen molar-refractivity contribution in [1.82, 2.24) is 10.3 Å². The van der Waals surface area contributed by atoms with Crippen molar-refractivity contribution in [3.8, 4) is 0 Å². The summed E-state index contributed by atoms with van der Waals surface area (Å²) in [7, 11) is 0. The minimum atomic E-state index is -4.41. The average molecular weight is 348 g/mol. The van der Waals surface area contributed by atoms with Crippen molar-refractivity contribution in [2.75, 3.05) is 0 Å². The molecule has 3 rings (SSSR count). The zero-order valence-corrected chi connectivity index (χ0v) is 13.8. The number of carbonyl (C=O) groups excluding carboxylic acids is 1. The number of hydrogen-bond acceptors (Lipinski definition) is 2. The molecule has 1 atom stereocenters. The maximum Gasteiger partial charge on any atom is 0.416 e. The van der Waals surface area contributed by atoms with Crippen LogP contribution in [0.25, 0.3) is 0 Å². The Morgan fingerprint density at radius 3 is 2.68 bits per heavy atom. The summed E-state index contributed by atoms with van der Waals surface area (Å²) in [5.74, 6) is 0.0559. The second-order valence-corrected chi connectivity index (χ2v) is 6.46. The van der Waals surface area contributed by atoms with Crippen molar-refractivity contribution in [3.05, 3.63) is 65.0 Å². The zero-order valence-electron chi connectivity index (χ0n) is 13.8. The lowest BCUT2D eigenvalue weighted by atomic mass is 10.0. The molecule has 0 radical (unpaired) electrons. The van der Waals surface area contributed by atoms with Gasteiger partial charge in [-0.1, -0.05) is 24.3 Å². The van der Waals surface area contributed by atoms with Crippen molar-refractivity contribution >= 4 is 5.91 Å². The van der Waals surface area contributed by atoms with Gasteiger partial charge in [0.25, 0.3) is 0 Å². The van der Waals surface area contributed by atoms with Crippen molar-refractivity contribution in [2.45, 2.75) is 38.4 Å². The maximum atomic E-state index is 12.8. The number of aromatic nitrogens is 1. The van der Waals surface area contributed by atoms with Crippen LogP contribution in [0.5, 0.6) is 0 Å². The lowest BCUT2D eigenvalue weighted by Crippen LogP contribution is -2.32. The van der Waals surface area contributed by atoms with Crippen LogP contribution >= 0.6 is 0 Å². The van der Waals surface area contributed by atoms with E-state index < -0.39 is 11.7 Å². The zero-order chi connectivity index (χ0) is 18.0. The van der Waals surface area contributed by atoms with E-state index >= 15 is 0 Å². The number of aryl methyl sites for hydroxylation is 1. The number of nitrogens with one attached hydrogen (secondary N) is 1. The second-order valence-electron chi connectivity index (χ2n) is 6.46. The topological polar surface area (TPSA) is 42.0 Å². The largest absolute Gasteiger partial charge is 0.416 e. The van der Waals surface area contributed by atoms with Crippen molar-refractivity contribution < 1.29 is 18.0 Å². The Kier molecular flexibility index (Phi) is 4.79. The van der Waals surface area contributed by atoms with E-state index in [1.807, 2.05) is 19.1 Å². The molecule has 1 aliphatic carbocycles. The third-order valence-corrected chi connectivity index (χ3v) is 4.37. The Morgan fingerprint density at radius 1 is 1.28 bits per heavy atom. The Balaban J connectivity index is 1.72. The molecule has 0 unspecified atom stereocenters. The summed E-state index contributed by atoms with van der Waals surface area (Å²) < 4.78 is 38.4. The third kappa shape index (κ3) is 4.38. The Hall–Kier alpha value is -2.37. The first-order valence-corrected chi connectivity index (χ1v) is 8.21. The maximum absolute atomic E-state index is 12.8. The molecule has 6 heteroatoms. The predicted octanol–water partition coefficient (Wildman–Crippen LogP) is 4.22. The quantitative estimate of drug-likeness (QED) is 0.879. The van der Waals surface area contributed by atoms with Crippen LogP contribution in [0, 0.1) is 12.8 Å². The average Bonchev–Trinajstić information content (AvgIpc) is 3.38. The standard InChI is InChI=1S/C19H19F3N2O/c1-12-4-3-9-23-17(12)18(14-7-8-14)24-16(25)11-13-5-2-6-15(10-13)19(20,21)22/h2-6,9-10,14,18H,7-8,11H2,1H3,(H,24,25)/t18-/m1/s1. The summed E-state index contributed by atoms with van der Waals surface area (Å²) in [6.45, 7) is 1.94. The number of nitrogens with zero attached hydrogens (tertiary/aromatic N) is 1. The van der Waals surface area contributed by atoms with Crippen molar-refractivity contribution in [3.63, 3.8) is 0 Å². The molecule has 0 spiro atoms. The summed E-state index contributed by atoms with van der Waals surface area (Å²) in [5, 5.41) is 2.96. The molecule has 1 fully saturated rings. The van der Waals surface area contributed by atoms with Gasteiger partial charge in [-0.05, 0) is 48.9 Å². The number of hydrogen-bond donors (Lipinski definition) is 1. The molecule has 0 aliphatic heterocycles. The molecular formula is C19H19F3N2O. The molecule has 1 aliphatic rings. The van der Waals surface area contributed by atoms with Crippen LogP contribution in [-0.4, -0.2) is 10.9 Å². The molecule has 1 aromatic carbocycles. The first-order valence-electron chi connectivity index (χ1n) is 8.21. The number of rotatable bonds is 5. The highest BCUT2D eigenvalue weighted by atomic mass is 19.4. The van der Waals surface area contributed by atoms with Crippen LogP contribution in [0.15, 0.2) is 42.6 Å². The van der Waals surface area contributed by atoms with E-state index in [2.05, 4.69) is 10.3 Å². The molecule has 132 valence electrons. The van der Waals surface area contributed by atoms with Crippen LogP contribution in [0.2, 0.25) is 0 Å². The van der Waals surface area contributed by atoms with E-state index in [1.165, 1.54) is 12.1 Å². The minimum absolute atomic E-state index is 0.0843. The molecule has 1 heterocycles. The Morgan fingerprint density at radius 2 is 2.04 bits per heavy atom. The van der Waals surface area contributed by atoms with E-state index in [4.69, 9.17) is 0 Å². The van der Waals surface area contributed by atoms with Crippen LogP contribution in [0.4, 0.5) is 13.2 Å². The highest BCUT2D eigenvalue weighted by Gasteiger charge is 2.35.